The van der Waals surface area contributed by atoms with Gasteiger partial charge in [0.05, 0.1) is 43.6 Å². The van der Waals surface area contributed by atoms with Gasteiger partial charge in [-0.3, -0.25) is 4.79 Å². The summed E-state index contributed by atoms with van der Waals surface area (Å²) in [5.74, 6) is 1.19. The molecule has 13 nitrogen and oxygen atoms in total. The summed E-state index contributed by atoms with van der Waals surface area (Å²) < 4.78 is 35.0. The molecule has 8 bridgehead atoms. The molecule has 1 aromatic rings. The average Bonchev–Trinajstić information content (AvgIpc) is 3.60. The second kappa shape index (κ2) is 14.9. The summed E-state index contributed by atoms with van der Waals surface area (Å²) in [5.41, 5.74) is -4.69. The number of fused-ring (bicyclic) bond motifs is 4. The molecule has 5 aliphatic carbocycles. The highest BCUT2D eigenvalue weighted by Gasteiger charge is 2.85. The molecule has 338 valence electrons. The lowest BCUT2D eigenvalue weighted by Crippen LogP contribution is -2.91. The zero-order valence-electron chi connectivity index (χ0n) is 36.2. The third-order valence-corrected chi connectivity index (χ3v) is 17.7. The quantitative estimate of drug-likeness (QED) is 0.139. The van der Waals surface area contributed by atoms with Crippen LogP contribution in [0.1, 0.15) is 108 Å². The first-order chi connectivity index (χ1) is 30.3. The summed E-state index contributed by atoms with van der Waals surface area (Å²) in [7, 11) is 1.29. The number of carbonyl (C=O) groups excluding carboxylic acids is 1. The Balaban J connectivity index is 1.16. The Hall–Kier alpha value is -3.74. The van der Waals surface area contributed by atoms with Gasteiger partial charge in [0.15, 0.2) is 16.8 Å². The minimum absolute atomic E-state index is 0.0313. The van der Waals surface area contributed by atoms with Crippen LogP contribution in [0.15, 0.2) is 42.0 Å². The van der Waals surface area contributed by atoms with Crippen LogP contribution in [0, 0.1) is 52.8 Å². The number of methoxy groups -OCH3 is 1. The first-order valence-electron chi connectivity index (χ1n) is 23.6. The summed E-state index contributed by atoms with van der Waals surface area (Å²) in [6.45, 7) is 2.01. The van der Waals surface area contributed by atoms with Crippen molar-refractivity contribution in [3.8, 4) is 11.8 Å². The standard InChI is InChI=1S/C50H61NO12/c1-27(29-9-4-3-5-10-29)38-22-35-37-17-19-47(58)45(57)49(37)48-26-60-32-15-14-30-11-7-13-33-34(23-41(54)55)36(44(56)59-2)24-46(30,18-16-32)43(33)62-50(47,63-48)40(53)21-31(48)12-6-8-28(25-52)20-39(61-49)42(35)51-38/h7,13,16,18,22,24,27-34,40,43,45,51-53,57-58H,3-5,8-11,14-15,17,19-21,23,25-26H2,1-2H3,(H,54,55)/t27-,28-,30-,31+,32-,33-,34+,40-,43+,45-,46-,47-,48+,49+,50-/m1/s1. The molecular weight excluding hydrogens is 807 g/mol. The van der Waals surface area contributed by atoms with Crippen molar-refractivity contribution in [2.45, 2.75) is 150 Å². The summed E-state index contributed by atoms with van der Waals surface area (Å²) in [5, 5.41) is 62.8. The normalized spacial score (nSPS) is 44.9. The lowest BCUT2D eigenvalue weighted by Gasteiger charge is -2.72. The molecule has 6 N–H and O–H groups in total. The number of ether oxygens (including phenoxy) is 5. The average molecular weight is 868 g/mol. The number of aliphatic hydroxyl groups is 4. The molecule has 4 fully saturated rings. The van der Waals surface area contributed by atoms with Crippen LogP contribution in [0.3, 0.4) is 0 Å². The largest absolute Gasteiger partial charge is 0.481 e. The number of aliphatic carboxylic acids is 1. The van der Waals surface area contributed by atoms with Gasteiger partial charge in [0.1, 0.15) is 18.0 Å². The van der Waals surface area contributed by atoms with Gasteiger partial charge in [0.2, 0.25) is 5.79 Å². The van der Waals surface area contributed by atoms with Gasteiger partial charge < -0.3 is 54.2 Å². The monoisotopic (exact) mass is 867 g/mol. The molecule has 0 aromatic carbocycles. The second-order valence-corrected chi connectivity index (χ2v) is 20.6. The van der Waals surface area contributed by atoms with Gasteiger partial charge in [-0.1, -0.05) is 62.5 Å². The third-order valence-electron chi connectivity index (χ3n) is 17.7. The van der Waals surface area contributed by atoms with Gasteiger partial charge >= 0.3 is 11.9 Å². The Bertz CT molecular complexity index is 2370. The van der Waals surface area contributed by atoms with E-state index >= 15 is 0 Å². The molecule has 13 heteroatoms. The molecule has 10 aliphatic rings. The number of allylic oxidation sites excluding steroid dienone is 1. The van der Waals surface area contributed by atoms with E-state index in [4.69, 9.17) is 23.7 Å². The van der Waals surface area contributed by atoms with E-state index in [9.17, 15) is 35.1 Å². The topological polar surface area (TPSA) is 197 Å². The molecule has 2 saturated heterocycles. The molecule has 2 saturated carbocycles. The van der Waals surface area contributed by atoms with Crippen LogP contribution in [0.2, 0.25) is 0 Å². The number of aromatic amines is 1. The maximum Gasteiger partial charge on any atom is 0.333 e. The van der Waals surface area contributed by atoms with Crippen LogP contribution in [0.25, 0.3) is 11.3 Å². The van der Waals surface area contributed by atoms with Crippen LogP contribution in [-0.4, -0.2) is 110 Å². The number of hydrogen-bond donors (Lipinski definition) is 6. The number of aliphatic hydroxyl groups excluding tert-OH is 3. The highest BCUT2D eigenvalue weighted by molar-refractivity contribution is 5.90. The van der Waals surface area contributed by atoms with Crippen molar-refractivity contribution >= 4 is 23.3 Å². The van der Waals surface area contributed by atoms with Crippen LogP contribution < -0.4 is 10.6 Å². The first-order valence-corrected chi connectivity index (χ1v) is 23.6. The summed E-state index contributed by atoms with van der Waals surface area (Å²) in [6, 6.07) is 2.21. The van der Waals surface area contributed by atoms with Crippen molar-refractivity contribution < 1.29 is 58.8 Å². The van der Waals surface area contributed by atoms with Gasteiger partial charge in [0, 0.05) is 53.2 Å². The minimum Gasteiger partial charge on any atom is -0.481 e. The number of hydrogen-bond acceptors (Lipinski definition) is 11. The highest BCUT2D eigenvalue weighted by atomic mass is 16.8. The lowest BCUT2D eigenvalue weighted by atomic mass is 9.50. The van der Waals surface area contributed by atoms with Crippen molar-refractivity contribution in [1.82, 2.24) is 4.98 Å². The number of carboxylic acid groups (broad SMARTS) is 1. The third kappa shape index (κ3) is 5.68. The van der Waals surface area contributed by atoms with Crippen LogP contribution in [0.4, 0.5) is 0 Å². The number of esters is 1. The maximum atomic E-state index is 13.7. The van der Waals surface area contributed by atoms with E-state index in [0.717, 1.165) is 34.7 Å². The van der Waals surface area contributed by atoms with E-state index in [-0.39, 0.29) is 55.8 Å². The smallest absolute Gasteiger partial charge is 0.333 e. The predicted octanol–water partition coefficient (Wildman–Crippen LogP) is 3.38. The van der Waals surface area contributed by atoms with E-state index in [0.29, 0.717) is 43.8 Å². The second-order valence-electron chi connectivity index (χ2n) is 20.6. The number of carbonyl (C=O) groups is 2. The van der Waals surface area contributed by atoms with Gasteiger partial charge in [-0.25, -0.2) is 4.79 Å². The van der Waals surface area contributed by atoms with Crippen molar-refractivity contribution in [2.75, 3.05) is 20.3 Å². The highest BCUT2D eigenvalue weighted by Crippen LogP contribution is 2.68. The maximum absolute atomic E-state index is 13.7. The van der Waals surface area contributed by atoms with Crippen molar-refractivity contribution in [2.24, 2.45) is 40.9 Å². The van der Waals surface area contributed by atoms with Gasteiger partial charge in [-0.2, -0.15) is 0 Å². The van der Waals surface area contributed by atoms with E-state index in [1.54, 1.807) is 0 Å². The Kier molecular flexibility index (Phi) is 9.91. The Labute approximate surface area is 367 Å². The SMILES string of the molecule is COC(=O)C1=C[C@]23C=C[C@H]4CC[C@H]2CC=C[C@H]([C@@H]1CC(=O)O)[C@@H]3O[C@]12O[C@@]3(CO4)[C@@H](C#CC[C@@H](CO)CC4=c5[nH]c([C@H](C)C6CCCCC6)cc5=C5CC[C@@]1(O)[C@@H](O)[C@@]53O4)C[C@H]2O. The Morgan fingerprint density at radius 2 is 1.94 bits per heavy atom. The summed E-state index contributed by atoms with van der Waals surface area (Å²) in [6.07, 6.45) is 13.3. The van der Waals surface area contributed by atoms with Gasteiger partial charge in [-0.05, 0) is 86.7 Å². The minimum atomic E-state index is -2.29. The number of H-pyrrole nitrogens is 1. The fourth-order valence-corrected chi connectivity index (χ4v) is 14.4. The fraction of sp³-hybridized carbons (Fsp3) is 0.680. The van der Waals surface area contributed by atoms with Crippen molar-refractivity contribution in [3.05, 3.63) is 58.3 Å². The molecule has 5 aliphatic heterocycles. The van der Waals surface area contributed by atoms with Crippen LogP contribution in [-0.2, 0) is 33.3 Å². The molecule has 11 rings (SSSR count). The molecule has 3 spiro atoms. The number of carboxylic acids is 1. The number of aromatic nitrogens is 1. The molecule has 6 heterocycles. The van der Waals surface area contributed by atoms with Gasteiger partial charge in [-0.15, -0.1) is 5.92 Å². The summed E-state index contributed by atoms with van der Waals surface area (Å²) in [4.78, 5) is 30.1. The Morgan fingerprint density at radius 3 is 2.71 bits per heavy atom. The van der Waals surface area contributed by atoms with E-state index in [2.05, 4.69) is 29.8 Å². The predicted molar refractivity (Wildman–Crippen MR) is 226 cm³/mol. The lowest BCUT2D eigenvalue weighted by molar-refractivity contribution is -0.496. The Morgan fingerprint density at radius 1 is 1.11 bits per heavy atom. The van der Waals surface area contributed by atoms with E-state index in [1.807, 2.05) is 30.4 Å². The fourth-order valence-electron chi connectivity index (χ4n) is 14.4. The molecule has 0 amide bonds. The molecule has 15 atom stereocenters. The van der Waals surface area contributed by atoms with E-state index in [1.165, 1.54) is 26.4 Å². The summed E-state index contributed by atoms with van der Waals surface area (Å²) >= 11 is 0. The molecule has 63 heavy (non-hydrogen) atoms. The first kappa shape index (κ1) is 41.9. The molecular formula is C50H61NO12. The molecule has 0 unspecified atom stereocenters. The van der Waals surface area contributed by atoms with Crippen LogP contribution in [0.5, 0.6) is 0 Å². The number of nitrogens with one attached hydrogen (secondary N) is 1. The number of rotatable bonds is 6. The van der Waals surface area contributed by atoms with Crippen molar-refractivity contribution in [1.29, 1.82) is 0 Å². The van der Waals surface area contributed by atoms with Crippen LogP contribution >= 0.6 is 0 Å². The van der Waals surface area contributed by atoms with Gasteiger partial charge in [0.25, 0.3) is 0 Å². The van der Waals surface area contributed by atoms with Crippen molar-refractivity contribution in [3.63, 3.8) is 0 Å². The van der Waals surface area contributed by atoms with E-state index < -0.39 is 88.5 Å². The zero-order chi connectivity index (χ0) is 43.7. The molecule has 0 radical (unpaired) electrons. The zero-order valence-corrected chi connectivity index (χ0v) is 36.2. The molecule has 1 aromatic heterocycles.